The fourth-order valence-corrected chi connectivity index (χ4v) is 3.44. The van der Waals surface area contributed by atoms with E-state index in [-0.39, 0.29) is 0 Å². The van der Waals surface area contributed by atoms with E-state index in [1.807, 2.05) is 0 Å². The Balaban J connectivity index is 1.93. The molecule has 2 unspecified atom stereocenters. The van der Waals surface area contributed by atoms with Crippen LogP contribution in [0.25, 0.3) is 0 Å². The number of ether oxygens (including phenoxy) is 1. The summed E-state index contributed by atoms with van der Waals surface area (Å²) in [5.41, 5.74) is 1.42. The van der Waals surface area contributed by atoms with Gasteiger partial charge in [-0.15, -0.1) is 0 Å². The van der Waals surface area contributed by atoms with Gasteiger partial charge in [0.15, 0.2) is 0 Å². The first-order chi connectivity index (χ1) is 9.33. The monoisotopic (exact) mass is 282 g/mol. The van der Waals surface area contributed by atoms with Gasteiger partial charge in [-0.1, -0.05) is 13.8 Å². The zero-order valence-electron chi connectivity index (χ0n) is 12.1. The highest BCUT2D eigenvalue weighted by Gasteiger charge is 2.27. The van der Waals surface area contributed by atoms with E-state index in [1.165, 1.54) is 18.5 Å². The van der Waals surface area contributed by atoms with Gasteiger partial charge < -0.3 is 10.1 Å². The van der Waals surface area contributed by atoms with Crippen LogP contribution < -0.4 is 5.32 Å². The minimum atomic E-state index is 0.320. The van der Waals surface area contributed by atoms with Gasteiger partial charge in [0, 0.05) is 19.1 Å². The number of rotatable bonds is 7. The normalized spacial score (nSPS) is 22.5. The predicted octanol–water partition coefficient (Wildman–Crippen LogP) is 2.38. The maximum absolute atomic E-state index is 6.02. The minimum Gasteiger partial charge on any atom is -0.374 e. The summed E-state index contributed by atoms with van der Waals surface area (Å²) in [7, 11) is 0. The molecular weight excluding hydrogens is 256 g/mol. The first-order valence-electron chi connectivity index (χ1n) is 7.41. The molecule has 1 saturated heterocycles. The standard InChI is InChI=1S/C15H26N2OS/c1-3-6-17-7-8-18-15(11-17)14(16-4-2)10-13-5-9-19-12-13/h5,9,12,14-16H,3-4,6-8,10-11H2,1-2H3. The molecule has 0 aromatic carbocycles. The van der Waals surface area contributed by atoms with E-state index < -0.39 is 0 Å². The summed E-state index contributed by atoms with van der Waals surface area (Å²) in [6.07, 6.45) is 2.62. The Morgan fingerprint density at radius 2 is 2.42 bits per heavy atom. The lowest BCUT2D eigenvalue weighted by molar-refractivity contribution is -0.0459. The van der Waals surface area contributed by atoms with Crippen LogP contribution in [-0.2, 0) is 11.2 Å². The quantitative estimate of drug-likeness (QED) is 0.831. The molecule has 3 nitrogen and oxygen atoms in total. The largest absolute Gasteiger partial charge is 0.374 e. The van der Waals surface area contributed by atoms with Gasteiger partial charge in [0.1, 0.15) is 0 Å². The Hall–Kier alpha value is -0.420. The van der Waals surface area contributed by atoms with Crippen LogP contribution in [0.3, 0.4) is 0 Å². The van der Waals surface area contributed by atoms with Crippen molar-refractivity contribution in [2.24, 2.45) is 0 Å². The molecule has 0 bridgehead atoms. The highest BCUT2D eigenvalue weighted by atomic mass is 32.1. The molecule has 0 amide bonds. The minimum absolute atomic E-state index is 0.320. The molecule has 0 spiro atoms. The number of thiophene rings is 1. The van der Waals surface area contributed by atoms with Crippen molar-refractivity contribution in [2.45, 2.75) is 38.8 Å². The number of morpholine rings is 1. The maximum Gasteiger partial charge on any atom is 0.0858 e. The van der Waals surface area contributed by atoms with Gasteiger partial charge in [-0.05, 0) is 48.3 Å². The summed E-state index contributed by atoms with van der Waals surface area (Å²) in [4.78, 5) is 2.53. The number of hydrogen-bond donors (Lipinski definition) is 1. The van der Waals surface area contributed by atoms with Gasteiger partial charge in [-0.25, -0.2) is 0 Å². The SMILES string of the molecule is CCCN1CCOC(C(Cc2ccsc2)NCC)C1. The van der Waals surface area contributed by atoms with E-state index in [0.29, 0.717) is 12.1 Å². The van der Waals surface area contributed by atoms with Crippen molar-refractivity contribution in [3.8, 4) is 0 Å². The van der Waals surface area contributed by atoms with Crippen LogP contribution >= 0.6 is 11.3 Å². The molecule has 4 heteroatoms. The second kappa shape index (κ2) is 8.00. The molecule has 1 aliphatic heterocycles. The fraction of sp³-hybridized carbons (Fsp3) is 0.733. The smallest absolute Gasteiger partial charge is 0.0858 e. The van der Waals surface area contributed by atoms with Crippen LogP contribution in [0.5, 0.6) is 0 Å². The molecule has 2 rings (SSSR count). The lowest BCUT2D eigenvalue weighted by Crippen LogP contribution is -2.53. The van der Waals surface area contributed by atoms with Crippen molar-refractivity contribution in [3.05, 3.63) is 22.4 Å². The molecule has 2 heterocycles. The Morgan fingerprint density at radius 3 is 3.11 bits per heavy atom. The van der Waals surface area contributed by atoms with Gasteiger partial charge in [0.2, 0.25) is 0 Å². The van der Waals surface area contributed by atoms with Crippen LogP contribution in [0, 0.1) is 0 Å². The molecular formula is C15H26N2OS. The number of likely N-dealkylation sites (N-methyl/N-ethyl adjacent to an activating group) is 1. The van der Waals surface area contributed by atoms with Gasteiger partial charge in [-0.3, -0.25) is 4.90 Å². The summed E-state index contributed by atoms with van der Waals surface area (Å²) in [6.45, 7) is 9.64. The maximum atomic E-state index is 6.02. The van der Waals surface area contributed by atoms with Gasteiger partial charge >= 0.3 is 0 Å². The molecule has 1 fully saturated rings. The van der Waals surface area contributed by atoms with Crippen LogP contribution in [0.4, 0.5) is 0 Å². The molecule has 0 saturated carbocycles. The van der Waals surface area contributed by atoms with E-state index >= 15 is 0 Å². The van der Waals surface area contributed by atoms with E-state index in [9.17, 15) is 0 Å². The Morgan fingerprint density at radius 1 is 1.53 bits per heavy atom. The number of hydrogen-bond acceptors (Lipinski definition) is 4. The van der Waals surface area contributed by atoms with E-state index in [0.717, 1.165) is 32.7 Å². The molecule has 1 N–H and O–H groups in total. The average Bonchev–Trinajstić information content (AvgIpc) is 2.92. The van der Waals surface area contributed by atoms with Crippen LogP contribution in [0.1, 0.15) is 25.8 Å². The van der Waals surface area contributed by atoms with Crippen molar-refractivity contribution >= 4 is 11.3 Å². The predicted molar refractivity (Wildman–Crippen MR) is 82.0 cm³/mol. The number of nitrogens with one attached hydrogen (secondary N) is 1. The Labute approximate surface area is 121 Å². The summed E-state index contributed by atoms with van der Waals surface area (Å²) in [5, 5.41) is 8.01. The number of nitrogens with zero attached hydrogens (tertiary/aromatic N) is 1. The first-order valence-corrected chi connectivity index (χ1v) is 8.36. The van der Waals surface area contributed by atoms with Crippen molar-refractivity contribution in [1.82, 2.24) is 10.2 Å². The van der Waals surface area contributed by atoms with Crippen molar-refractivity contribution in [1.29, 1.82) is 0 Å². The molecule has 0 aliphatic carbocycles. The molecule has 1 aromatic heterocycles. The van der Waals surface area contributed by atoms with Crippen LogP contribution in [0.15, 0.2) is 16.8 Å². The van der Waals surface area contributed by atoms with Crippen molar-refractivity contribution in [2.75, 3.05) is 32.8 Å². The highest BCUT2D eigenvalue weighted by molar-refractivity contribution is 7.07. The molecule has 0 radical (unpaired) electrons. The van der Waals surface area contributed by atoms with Crippen molar-refractivity contribution < 1.29 is 4.74 Å². The van der Waals surface area contributed by atoms with E-state index in [1.54, 1.807) is 11.3 Å². The summed E-state index contributed by atoms with van der Waals surface area (Å²) >= 11 is 1.78. The zero-order chi connectivity index (χ0) is 13.5. The molecule has 1 aliphatic rings. The lowest BCUT2D eigenvalue weighted by Gasteiger charge is -2.37. The van der Waals surface area contributed by atoms with Gasteiger partial charge in [0.25, 0.3) is 0 Å². The summed E-state index contributed by atoms with van der Waals surface area (Å²) < 4.78 is 6.02. The summed E-state index contributed by atoms with van der Waals surface area (Å²) in [6, 6.07) is 2.65. The topological polar surface area (TPSA) is 24.5 Å². The lowest BCUT2D eigenvalue weighted by atomic mass is 10.0. The van der Waals surface area contributed by atoms with Crippen LogP contribution in [-0.4, -0.2) is 49.8 Å². The first kappa shape index (κ1) is 15.0. The van der Waals surface area contributed by atoms with Crippen molar-refractivity contribution in [3.63, 3.8) is 0 Å². The third kappa shape index (κ3) is 4.56. The molecule has 19 heavy (non-hydrogen) atoms. The van der Waals surface area contributed by atoms with Gasteiger partial charge in [-0.2, -0.15) is 11.3 Å². The van der Waals surface area contributed by atoms with Gasteiger partial charge in [0.05, 0.1) is 12.7 Å². The summed E-state index contributed by atoms with van der Waals surface area (Å²) in [5.74, 6) is 0. The molecule has 108 valence electrons. The van der Waals surface area contributed by atoms with E-state index in [2.05, 4.69) is 40.9 Å². The highest BCUT2D eigenvalue weighted by Crippen LogP contribution is 2.15. The average molecular weight is 282 g/mol. The second-order valence-corrected chi connectivity index (χ2v) is 5.99. The second-order valence-electron chi connectivity index (χ2n) is 5.21. The van der Waals surface area contributed by atoms with Crippen LogP contribution in [0.2, 0.25) is 0 Å². The Bertz CT molecular complexity index is 340. The fourth-order valence-electron chi connectivity index (χ4n) is 2.75. The third-order valence-corrected chi connectivity index (χ3v) is 4.40. The molecule has 2 atom stereocenters. The van der Waals surface area contributed by atoms with E-state index in [4.69, 9.17) is 4.74 Å². The third-order valence-electron chi connectivity index (χ3n) is 3.67. The molecule has 1 aromatic rings. The zero-order valence-corrected chi connectivity index (χ0v) is 12.9. The Kier molecular flexibility index (Phi) is 6.31.